The van der Waals surface area contributed by atoms with E-state index in [4.69, 9.17) is 5.26 Å². The number of esters is 1. The van der Waals surface area contributed by atoms with Crippen LogP contribution in [0.4, 0.5) is 11.4 Å². The van der Waals surface area contributed by atoms with Crippen molar-refractivity contribution in [1.82, 2.24) is 5.43 Å². The van der Waals surface area contributed by atoms with Gasteiger partial charge in [-0.25, -0.2) is 4.79 Å². The number of hydrogen-bond acceptors (Lipinski definition) is 7. The first kappa shape index (κ1) is 15.0. The molecule has 0 aliphatic rings. The molecule has 0 heterocycles. The molecule has 0 saturated heterocycles. The predicted molar refractivity (Wildman–Crippen MR) is 70.2 cm³/mol. The summed E-state index contributed by atoms with van der Waals surface area (Å²) in [4.78, 5) is 21.5. The lowest BCUT2D eigenvalue weighted by Crippen LogP contribution is -2.18. The number of nitro groups is 1. The normalized spacial score (nSPS) is 10.3. The predicted octanol–water partition coefficient (Wildman–Crippen LogP) is 1.48. The van der Waals surface area contributed by atoms with Crippen LogP contribution in [-0.2, 0) is 9.53 Å². The van der Waals surface area contributed by atoms with Crippen molar-refractivity contribution in [2.24, 2.45) is 0 Å². The maximum Gasteiger partial charge on any atom is 0.350 e. The number of nitrogens with one attached hydrogen (secondary N) is 2. The summed E-state index contributed by atoms with van der Waals surface area (Å²) in [6.07, 6.45) is 1.08. The first-order chi connectivity index (χ1) is 9.60. The average Bonchev–Trinajstić information content (AvgIpc) is 2.44. The molecule has 8 nitrogen and oxygen atoms in total. The maximum atomic E-state index is 11.3. The van der Waals surface area contributed by atoms with Crippen molar-refractivity contribution >= 4 is 17.3 Å². The summed E-state index contributed by atoms with van der Waals surface area (Å²) in [6.45, 7) is 1.77. The van der Waals surface area contributed by atoms with Crippen molar-refractivity contribution in [3.8, 4) is 6.07 Å². The Morgan fingerprint density at radius 1 is 1.55 bits per heavy atom. The van der Waals surface area contributed by atoms with Gasteiger partial charge in [-0.05, 0) is 13.0 Å². The van der Waals surface area contributed by atoms with Gasteiger partial charge in [0.05, 0.1) is 11.5 Å². The zero-order chi connectivity index (χ0) is 15.0. The zero-order valence-corrected chi connectivity index (χ0v) is 10.6. The number of carbonyl (C=O) groups is 1. The Balaban J connectivity index is 2.75. The smallest absolute Gasteiger partial charge is 0.350 e. The first-order valence-electron chi connectivity index (χ1n) is 5.62. The van der Waals surface area contributed by atoms with Gasteiger partial charge < -0.3 is 10.2 Å². The quantitative estimate of drug-likeness (QED) is 0.265. The van der Waals surface area contributed by atoms with Crippen molar-refractivity contribution in [2.75, 3.05) is 12.0 Å². The monoisotopic (exact) mass is 276 g/mol. The van der Waals surface area contributed by atoms with Gasteiger partial charge in [0.2, 0.25) is 0 Å². The van der Waals surface area contributed by atoms with Gasteiger partial charge in [-0.3, -0.25) is 15.5 Å². The second-order valence-electron chi connectivity index (χ2n) is 3.43. The number of para-hydroxylation sites is 2. The van der Waals surface area contributed by atoms with Crippen molar-refractivity contribution in [3.05, 3.63) is 46.2 Å². The van der Waals surface area contributed by atoms with Crippen molar-refractivity contribution in [2.45, 2.75) is 6.92 Å². The summed E-state index contributed by atoms with van der Waals surface area (Å²) < 4.78 is 4.65. The maximum absolute atomic E-state index is 11.3. The van der Waals surface area contributed by atoms with E-state index in [2.05, 4.69) is 15.6 Å². The molecule has 20 heavy (non-hydrogen) atoms. The van der Waals surface area contributed by atoms with Gasteiger partial charge >= 0.3 is 5.97 Å². The fourth-order valence-electron chi connectivity index (χ4n) is 1.27. The molecule has 0 fully saturated rings. The molecule has 0 atom stereocenters. The number of anilines is 1. The molecule has 1 rings (SSSR count). The summed E-state index contributed by atoms with van der Waals surface area (Å²) in [7, 11) is 0. The van der Waals surface area contributed by atoms with Crippen molar-refractivity contribution in [1.29, 1.82) is 5.26 Å². The van der Waals surface area contributed by atoms with E-state index in [9.17, 15) is 14.9 Å². The highest BCUT2D eigenvalue weighted by Crippen LogP contribution is 2.22. The second kappa shape index (κ2) is 7.38. The zero-order valence-electron chi connectivity index (χ0n) is 10.6. The van der Waals surface area contributed by atoms with E-state index in [1.165, 1.54) is 18.2 Å². The Morgan fingerprint density at radius 3 is 2.85 bits per heavy atom. The van der Waals surface area contributed by atoms with Gasteiger partial charge in [0.1, 0.15) is 11.8 Å². The van der Waals surface area contributed by atoms with Crippen molar-refractivity contribution in [3.63, 3.8) is 0 Å². The van der Waals surface area contributed by atoms with E-state index in [1.807, 2.05) is 0 Å². The van der Waals surface area contributed by atoms with Crippen LogP contribution in [0.1, 0.15) is 6.92 Å². The Labute approximate surface area is 114 Å². The van der Waals surface area contributed by atoms with E-state index < -0.39 is 10.9 Å². The molecule has 104 valence electrons. The third kappa shape index (κ3) is 3.99. The second-order valence-corrected chi connectivity index (χ2v) is 3.43. The number of benzene rings is 1. The molecule has 0 amide bonds. The minimum Gasteiger partial charge on any atom is -0.462 e. The van der Waals surface area contributed by atoms with Crippen LogP contribution in [0.25, 0.3) is 0 Å². The molecular formula is C12H12N4O4. The van der Waals surface area contributed by atoms with Crippen LogP contribution in [0.15, 0.2) is 36.0 Å². The first-order valence-corrected chi connectivity index (χ1v) is 5.62. The largest absolute Gasteiger partial charge is 0.462 e. The SMILES string of the molecule is CCOC(=O)/C(C#N)=C/NNc1ccccc1[N+](=O)[O-]. The van der Waals surface area contributed by atoms with Crippen LogP contribution in [-0.4, -0.2) is 17.5 Å². The fourth-order valence-corrected chi connectivity index (χ4v) is 1.27. The number of nitro benzene ring substituents is 1. The fraction of sp³-hybridized carbons (Fsp3) is 0.167. The van der Waals surface area contributed by atoms with E-state index >= 15 is 0 Å². The minimum atomic E-state index is -0.771. The van der Waals surface area contributed by atoms with Crippen LogP contribution < -0.4 is 10.9 Å². The molecule has 1 aromatic rings. The lowest BCUT2D eigenvalue weighted by atomic mass is 10.3. The number of nitriles is 1. The Bertz CT molecular complexity index is 577. The number of hydrogen-bond donors (Lipinski definition) is 2. The summed E-state index contributed by atoms with van der Waals surface area (Å²) >= 11 is 0. The Kier molecular flexibility index (Phi) is 5.52. The van der Waals surface area contributed by atoms with Crippen LogP contribution in [0.2, 0.25) is 0 Å². The lowest BCUT2D eigenvalue weighted by molar-refractivity contribution is -0.384. The van der Waals surface area contributed by atoms with Crippen LogP contribution in [0.5, 0.6) is 0 Å². The highest BCUT2D eigenvalue weighted by Gasteiger charge is 2.12. The molecule has 0 saturated carbocycles. The van der Waals surface area contributed by atoms with E-state index in [1.54, 1.807) is 19.1 Å². The molecule has 0 radical (unpaired) electrons. The van der Waals surface area contributed by atoms with E-state index in [0.29, 0.717) is 0 Å². The molecule has 0 aliphatic carbocycles. The molecule has 0 bridgehead atoms. The summed E-state index contributed by atoms with van der Waals surface area (Å²) in [6, 6.07) is 7.60. The lowest BCUT2D eigenvalue weighted by Gasteiger charge is -2.06. The van der Waals surface area contributed by atoms with Gasteiger partial charge in [0.15, 0.2) is 5.57 Å². The third-order valence-corrected chi connectivity index (χ3v) is 2.14. The van der Waals surface area contributed by atoms with Gasteiger partial charge in [-0.1, -0.05) is 12.1 Å². The van der Waals surface area contributed by atoms with Crippen LogP contribution in [0.3, 0.4) is 0 Å². The summed E-state index contributed by atoms with van der Waals surface area (Å²) in [5.41, 5.74) is 4.79. The number of rotatable bonds is 6. The molecule has 8 heteroatoms. The molecule has 0 unspecified atom stereocenters. The molecule has 0 aromatic heterocycles. The van der Waals surface area contributed by atoms with E-state index in [-0.39, 0.29) is 23.6 Å². The third-order valence-electron chi connectivity index (χ3n) is 2.14. The highest BCUT2D eigenvalue weighted by molar-refractivity contribution is 5.92. The topological polar surface area (TPSA) is 117 Å². The van der Waals surface area contributed by atoms with Crippen molar-refractivity contribution < 1.29 is 14.5 Å². The Hall–Kier alpha value is -3.08. The molecule has 0 aliphatic heterocycles. The van der Waals surface area contributed by atoms with Gasteiger partial charge in [-0.15, -0.1) is 0 Å². The number of ether oxygens (including phenoxy) is 1. The van der Waals surface area contributed by atoms with Crippen LogP contribution >= 0.6 is 0 Å². The van der Waals surface area contributed by atoms with Crippen LogP contribution in [0, 0.1) is 21.4 Å². The number of carbonyl (C=O) groups excluding carboxylic acids is 1. The molecular weight excluding hydrogens is 264 g/mol. The van der Waals surface area contributed by atoms with Gasteiger partial charge in [0.25, 0.3) is 5.69 Å². The van der Waals surface area contributed by atoms with E-state index in [0.717, 1.165) is 6.20 Å². The minimum absolute atomic E-state index is 0.136. The van der Waals surface area contributed by atoms with Gasteiger partial charge in [0, 0.05) is 12.3 Å². The average molecular weight is 276 g/mol. The highest BCUT2D eigenvalue weighted by atomic mass is 16.6. The molecule has 1 aromatic carbocycles. The molecule has 2 N–H and O–H groups in total. The summed E-state index contributed by atoms with van der Waals surface area (Å²) in [5, 5.41) is 19.5. The Morgan fingerprint density at radius 2 is 2.25 bits per heavy atom. The number of nitrogens with zero attached hydrogens (tertiary/aromatic N) is 2. The van der Waals surface area contributed by atoms with Gasteiger partial charge in [-0.2, -0.15) is 5.26 Å². The number of hydrazine groups is 1. The molecule has 0 spiro atoms. The summed E-state index contributed by atoms with van der Waals surface area (Å²) in [5.74, 6) is -0.771. The standard InChI is InChI=1S/C12H12N4O4/c1-2-20-12(17)9(7-13)8-14-15-10-5-3-4-6-11(10)16(18)19/h3-6,8,14-15H,2H2,1H3/b9-8+.